The molecule has 0 spiro atoms. The van der Waals surface area contributed by atoms with E-state index in [-0.39, 0.29) is 36.2 Å². The van der Waals surface area contributed by atoms with E-state index >= 15 is 8.78 Å². The number of halogens is 5. The van der Waals surface area contributed by atoms with Crippen LogP contribution in [0.5, 0.6) is 11.5 Å². The van der Waals surface area contributed by atoms with Crippen LogP contribution in [0.4, 0.5) is 27.6 Å². The van der Waals surface area contributed by atoms with Crippen molar-refractivity contribution in [3.8, 4) is 11.5 Å². The molecule has 0 bridgehead atoms. The number of carbonyl (C=O) groups excluding carboxylic acids is 2. The van der Waals surface area contributed by atoms with Crippen molar-refractivity contribution in [1.82, 2.24) is 9.88 Å². The fourth-order valence-corrected chi connectivity index (χ4v) is 4.66. The monoisotopic (exact) mass is 595 g/mol. The van der Waals surface area contributed by atoms with Gasteiger partial charge in [0.15, 0.2) is 0 Å². The van der Waals surface area contributed by atoms with Gasteiger partial charge in [-0.3, -0.25) is 14.4 Å². The molecule has 2 heterocycles. The number of methoxy groups -OCH3 is 2. The van der Waals surface area contributed by atoms with Crippen molar-refractivity contribution < 1.29 is 45.8 Å². The molecule has 1 N–H and O–H groups in total. The molecule has 2 amide bonds. The summed E-state index contributed by atoms with van der Waals surface area (Å²) in [6, 6.07) is 7.05. The third-order valence-electron chi connectivity index (χ3n) is 6.76. The number of amides is 2. The van der Waals surface area contributed by atoms with Crippen LogP contribution < -0.4 is 25.2 Å². The maximum atomic E-state index is 15.2. The third-order valence-corrected chi connectivity index (χ3v) is 6.76. The van der Waals surface area contributed by atoms with Crippen molar-refractivity contribution in [1.29, 1.82) is 0 Å². The molecule has 1 aliphatic heterocycles. The van der Waals surface area contributed by atoms with Crippen molar-refractivity contribution in [3.05, 3.63) is 87.8 Å². The molecule has 42 heavy (non-hydrogen) atoms. The van der Waals surface area contributed by atoms with Gasteiger partial charge in [0.25, 0.3) is 11.5 Å². The first-order chi connectivity index (χ1) is 19.8. The van der Waals surface area contributed by atoms with Crippen LogP contribution in [0.1, 0.15) is 28.8 Å². The highest BCUT2D eigenvalue weighted by molar-refractivity contribution is 6.05. The van der Waals surface area contributed by atoms with Crippen LogP contribution in [0.2, 0.25) is 0 Å². The number of hydrogen-bond donors (Lipinski definition) is 1. The number of nitrogens with one attached hydrogen (secondary N) is 1. The molecule has 1 aliphatic rings. The van der Waals surface area contributed by atoms with Gasteiger partial charge in [-0.1, -0.05) is 0 Å². The number of hydrogen-bond acceptors (Lipinski definition) is 6. The number of nitrogens with zero attached hydrogens (tertiary/aromatic N) is 2. The lowest BCUT2D eigenvalue weighted by Crippen LogP contribution is -2.44. The number of alkyl halides is 3. The maximum Gasteiger partial charge on any atom is 0.573 e. The fourth-order valence-electron chi connectivity index (χ4n) is 4.66. The number of rotatable bonds is 9. The van der Waals surface area contributed by atoms with Crippen LogP contribution in [-0.4, -0.2) is 55.7 Å². The highest BCUT2D eigenvalue weighted by atomic mass is 19.4. The van der Waals surface area contributed by atoms with Gasteiger partial charge < -0.3 is 29.0 Å². The Kier molecular flexibility index (Phi) is 8.85. The zero-order valence-corrected chi connectivity index (χ0v) is 22.6. The van der Waals surface area contributed by atoms with Gasteiger partial charge in [0.05, 0.1) is 19.8 Å². The lowest BCUT2D eigenvalue weighted by atomic mass is 9.92. The largest absolute Gasteiger partial charge is 0.573 e. The summed E-state index contributed by atoms with van der Waals surface area (Å²) in [5, 5.41) is 2.43. The Balaban J connectivity index is 1.71. The van der Waals surface area contributed by atoms with E-state index in [0.717, 1.165) is 41.3 Å². The number of pyridine rings is 1. The van der Waals surface area contributed by atoms with Crippen molar-refractivity contribution in [2.75, 3.05) is 25.7 Å². The van der Waals surface area contributed by atoms with E-state index in [9.17, 15) is 27.6 Å². The summed E-state index contributed by atoms with van der Waals surface area (Å²) in [5.74, 6) is -5.81. The van der Waals surface area contributed by atoms with E-state index in [0.29, 0.717) is 0 Å². The summed E-state index contributed by atoms with van der Waals surface area (Å²) >= 11 is 0. The Bertz CT molecular complexity index is 1500. The molecule has 0 saturated carbocycles. The summed E-state index contributed by atoms with van der Waals surface area (Å²) in [6.45, 7) is 1.52. The minimum atomic E-state index is -4.94. The Labute approximate surface area is 236 Å². The van der Waals surface area contributed by atoms with Crippen LogP contribution in [0.25, 0.3) is 0 Å². The summed E-state index contributed by atoms with van der Waals surface area (Å²) in [5.41, 5.74) is -1.33. The van der Waals surface area contributed by atoms with Gasteiger partial charge in [0.1, 0.15) is 34.9 Å². The van der Waals surface area contributed by atoms with E-state index in [1.54, 1.807) is 6.92 Å². The molecule has 9 nitrogen and oxygen atoms in total. The number of anilines is 1. The molecule has 1 aromatic heterocycles. The highest BCUT2D eigenvalue weighted by Gasteiger charge is 2.46. The molecule has 3 atom stereocenters. The Morgan fingerprint density at radius 1 is 1.05 bits per heavy atom. The van der Waals surface area contributed by atoms with Crippen LogP contribution in [0.15, 0.2) is 59.5 Å². The Morgan fingerprint density at radius 3 is 2.26 bits per heavy atom. The fraction of sp³-hybridized carbons (Fsp3) is 0.321. The van der Waals surface area contributed by atoms with E-state index in [1.807, 2.05) is 0 Å². The van der Waals surface area contributed by atoms with Crippen LogP contribution in [-0.2, 0) is 16.1 Å². The van der Waals surface area contributed by atoms with Crippen molar-refractivity contribution >= 4 is 17.5 Å². The topological polar surface area (TPSA) is 99.1 Å². The number of carbonyl (C=O) groups is 2. The zero-order valence-electron chi connectivity index (χ0n) is 22.6. The Hall–Kier alpha value is -4.46. The second kappa shape index (κ2) is 12.2. The quantitative estimate of drug-likeness (QED) is 0.376. The third kappa shape index (κ3) is 6.54. The highest BCUT2D eigenvalue weighted by Crippen LogP contribution is 2.36. The van der Waals surface area contributed by atoms with Gasteiger partial charge in [-0.2, -0.15) is 0 Å². The SMILES string of the molecule is COc1cc(F)c([C@@H]2CN(c3cccn(CC(C)OC)c3=O)C(=O)[C@H]2NC(=O)c2ccc(OC(F)(F)F)cc2)c(F)c1. The van der Waals surface area contributed by atoms with E-state index in [4.69, 9.17) is 9.47 Å². The van der Waals surface area contributed by atoms with Gasteiger partial charge in [-0.05, 0) is 43.3 Å². The predicted octanol–water partition coefficient (Wildman–Crippen LogP) is 4.00. The second-order valence-corrected chi connectivity index (χ2v) is 9.48. The average Bonchev–Trinajstić information content (AvgIpc) is 3.23. The first-order valence-electron chi connectivity index (χ1n) is 12.6. The number of benzene rings is 2. The number of ether oxygens (including phenoxy) is 3. The van der Waals surface area contributed by atoms with Crippen LogP contribution in [0.3, 0.4) is 0 Å². The van der Waals surface area contributed by atoms with E-state index < -0.39 is 58.6 Å². The van der Waals surface area contributed by atoms with Gasteiger partial charge in [-0.15, -0.1) is 13.2 Å². The molecule has 1 fully saturated rings. The van der Waals surface area contributed by atoms with Gasteiger partial charge in [-0.25, -0.2) is 8.78 Å². The molecule has 4 rings (SSSR count). The lowest BCUT2D eigenvalue weighted by molar-refractivity contribution is -0.274. The molecule has 224 valence electrons. The molecule has 0 aliphatic carbocycles. The average molecular weight is 596 g/mol. The predicted molar refractivity (Wildman–Crippen MR) is 140 cm³/mol. The van der Waals surface area contributed by atoms with Crippen molar-refractivity contribution in [2.24, 2.45) is 0 Å². The molecular weight excluding hydrogens is 569 g/mol. The standard InChI is InChI=1S/C28H26F5N3O6/c1-15(40-2)13-35-10-4-5-22(26(35)38)36-14-19(23-20(29)11-18(41-3)12-21(23)30)24(27(36)39)34-25(37)16-6-8-17(9-7-16)42-28(31,32)33/h4-12,15,19,24H,13-14H2,1-3H3,(H,34,37)/t15?,19-,24-/m0/s1. The smallest absolute Gasteiger partial charge is 0.497 e. The first kappa shape index (κ1) is 30.5. The molecule has 1 saturated heterocycles. The van der Waals surface area contributed by atoms with Crippen LogP contribution in [0, 0.1) is 11.6 Å². The summed E-state index contributed by atoms with van der Waals surface area (Å²) in [6.07, 6.45) is -3.79. The second-order valence-electron chi connectivity index (χ2n) is 9.48. The lowest BCUT2D eigenvalue weighted by Gasteiger charge is -2.20. The van der Waals surface area contributed by atoms with Crippen molar-refractivity contribution in [3.63, 3.8) is 0 Å². The zero-order chi connectivity index (χ0) is 30.8. The minimum absolute atomic E-state index is 0.0875. The minimum Gasteiger partial charge on any atom is -0.497 e. The van der Waals surface area contributed by atoms with Gasteiger partial charge in [0.2, 0.25) is 5.91 Å². The van der Waals surface area contributed by atoms with Crippen molar-refractivity contribution in [2.45, 2.75) is 37.9 Å². The molecule has 2 aromatic carbocycles. The van der Waals surface area contributed by atoms with Gasteiger partial charge >= 0.3 is 6.36 Å². The normalized spacial score (nSPS) is 17.7. The summed E-state index contributed by atoms with van der Waals surface area (Å²) < 4.78 is 83.1. The Morgan fingerprint density at radius 2 is 1.69 bits per heavy atom. The molecule has 0 radical (unpaired) electrons. The number of aromatic nitrogens is 1. The molecule has 1 unspecified atom stereocenters. The molecular formula is C28H26F5N3O6. The molecule has 3 aromatic rings. The maximum absolute atomic E-state index is 15.2. The van der Waals surface area contributed by atoms with Gasteiger partial charge in [0, 0.05) is 49.0 Å². The first-order valence-corrected chi connectivity index (χ1v) is 12.6. The summed E-state index contributed by atoms with van der Waals surface area (Å²) in [4.78, 5) is 41.1. The van der Waals surface area contributed by atoms with Crippen LogP contribution >= 0.6 is 0 Å². The summed E-state index contributed by atoms with van der Waals surface area (Å²) in [7, 11) is 2.68. The molecule has 14 heteroatoms. The van der Waals surface area contributed by atoms with E-state index in [2.05, 4.69) is 10.1 Å². The van der Waals surface area contributed by atoms with E-state index in [1.165, 1.54) is 37.1 Å².